The summed E-state index contributed by atoms with van der Waals surface area (Å²) >= 11 is 0. The van der Waals surface area contributed by atoms with Crippen molar-refractivity contribution in [2.75, 3.05) is 98.7 Å². The van der Waals surface area contributed by atoms with Crippen molar-refractivity contribution in [3.05, 3.63) is 0 Å². The Morgan fingerprint density at radius 1 is 0.434 bits per heavy atom. The predicted molar refractivity (Wildman–Crippen MR) is 180 cm³/mol. The van der Waals surface area contributed by atoms with Crippen molar-refractivity contribution >= 4 is 41.4 Å². The number of hydrogen-bond acceptors (Lipinski definition) is 15. The Morgan fingerprint density at radius 2 is 0.792 bits per heavy atom. The average molecular weight is 768 g/mol. The lowest BCUT2D eigenvalue weighted by Gasteiger charge is -2.16. The second kappa shape index (κ2) is 31.5. The van der Waals surface area contributed by atoms with E-state index in [-0.39, 0.29) is 131 Å². The first-order valence-electron chi connectivity index (χ1n) is 17.3. The van der Waals surface area contributed by atoms with E-state index in [0.717, 1.165) is 6.42 Å². The molecule has 0 saturated carbocycles. The van der Waals surface area contributed by atoms with Gasteiger partial charge in [0.1, 0.15) is 0 Å². The van der Waals surface area contributed by atoms with Crippen molar-refractivity contribution in [2.45, 2.75) is 58.8 Å². The van der Waals surface area contributed by atoms with E-state index in [9.17, 15) is 54.4 Å². The lowest BCUT2D eigenvalue weighted by atomic mass is 10.2. The van der Waals surface area contributed by atoms with Crippen LogP contribution in [0.2, 0.25) is 0 Å². The molecule has 7 amide bonds. The highest BCUT2D eigenvalue weighted by Crippen LogP contribution is 1.98. The van der Waals surface area contributed by atoms with Gasteiger partial charge in [-0.05, 0) is 6.42 Å². The third-order valence-electron chi connectivity index (χ3n) is 6.77. The topological polar surface area (TPSA) is 286 Å². The molecular formula is C31H57N7O15. The van der Waals surface area contributed by atoms with E-state index in [0.29, 0.717) is 26.9 Å². The SMILES string of the molecule is CCCOCCC(=O)N(O)CCC(=O)NCCOCCN(O)C(=O)CCC(=O)NCCOCCN(O)C(=O)CCC(=O)NCCOCCN(O)C(C)=O. The fraction of sp³-hybridized carbons (Fsp3) is 0.774. The van der Waals surface area contributed by atoms with Crippen LogP contribution in [0, 0.1) is 0 Å². The number of carbonyl (C=O) groups excluding carboxylic acids is 7. The first kappa shape index (κ1) is 49.0. The normalized spacial score (nSPS) is 10.7. The molecule has 0 heterocycles. The molecule has 0 unspecified atom stereocenters. The first-order chi connectivity index (χ1) is 25.3. The van der Waals surface area contributed by atoms with E-state index in [1.165, 1.54) is 6.92 Å². The molecule has 7 N–H and O–H groups in total. The first-order valence-corrected chi connectivity index (χ1v) is 17.3. The van der Waals surface area contributed by atoms with Gasteiger partial charge in [-0.1, -0.05) is 6.92 Å². The lowest BCUT2D eigenvalue weighted by Crippen LogP contribution is -2.35. The molecule has 22 heteroatoms. The minimum Gasteiger partial charge on any atom is -0.381 e. The lowest BCUT2D eigenvalue weighted by molar-refractivity contribution is -0.168. The van der Waals surface area contributed by atoms with Crippen molar-refractivity contribution in [1.29, 1.82) is 0 Å². The van der Waals surface area contributed by atoms with E-state index >= 15 is 0 Å². The van der Waals surface area contributed by atoms with Gasteiger partial charge < -0.3 is 34.9 Å². The zero-order valence-corrected chi connectivity index (χ0v) is 30.6. The molecule has 0 saturated heterocycles. The van der Waals surface area contributed by atoms with Crippen LogP contribution in [-0.2, 0) is 52.5 Å². The van der Waals surface area contributed by atoms with Crippen LogP contribution in [0.25, 0.3) is 0 Å². The Morgan fingerprint density at radius 3 is 1.21 bits per heavy atom. The molecule has 53 heavy (non-hydrogen) atoms. The van der Waals surface area contributed by atoms with Crippen LogP contribution in [-0.4, -0.2) is 181 Å². The van der Waals surface area contributed by atoms with Gasteiger partial charge in [0.05, 0.1) is 78.8 Å². The summed E-state index contributed by atoms with van der Waals surface area (Å²) in [6, 6.07) is 0. The summed E-state index contributed by atoms with van der Waals surface area (Å²) in [6.07, 6.45) is -0.183. The van der Waals surface area contributed by atoms with Crippen LogP contribution in [0.5, 0.6) is 0 Å². The summed E-state index contributed by atoms with van der Waals surface area (Å²) in [5.74, 6) is -3.78. The molecule has 0 bridgehead atoms. The van der Waals surface area contributed by atoms with Crippen LogP contribution < -0.4 is 16.0 Å². The Balaban J connectivity index is 3.81. The maximum absolute atomic E-state index is 12.1. The number of nitrogens with one attached hydrogen (secondary N) is 3. The quantitative estimate of drug-likeness (QED) is 0.0222. The highest BCUT2D eigenvalue weighted by Gasteiger charge is 2.15. The number of carbonyl (C=O) groups is 7. The number of amides is 7. The molecule has 0 spiro atoms. The Labute approximate surface area is 308 Å². The van der Waals surface area contributed by atoms with Gasteiger partial charge in [-0.3, -0.25) is 54.4 Å². The van der Waals surface area contributed by atoms with Gasteiger partial charge in [0, 0.05) is 65.3 Å². The summed E-state index contributed by atoms with van der Waals surface area (Å²) in [7, 11) is 0. The van der Waals surface area contributed by atoms with Crippen molar-refractivity contribution in [2.24, 2.45) is 0 Å². The van der Waals surface area contributed by atoms with Gasteiger partial charge in [0.2, 0.25) is 41.4 Å². The van der Waals surface area contributed by atoms with E-state index in [1.54, 1.807) is 0 Å². The van der Waals surface area contributed by atoms with Crippen molar-refractivity contribution in [1.82, 2.24) is 36.2 Å². The summed E-state index contributed by atoms with van der Waals surface area (Å²) in [5, 5.41) is 48.0. The molecule has 0 aliphatic carbocycles. The monoisotopic (exact) mass is 767 g/mol. The van der Waals surface area contributed by atoms with Gasteiger partial charge in [0.15, 0.2) is 0 Å². The van der Waals surface area contributed by atoms with Crippen LogP contribution in [0.3, 0.4) is 0 Å². The van der Waals surface area contributed by atoms with Crippen LogP contribution in [0.15, 0.2) is 0 Å². The summed E-state index contributed by atoms with van der Waals surface area (Å²) in [5.41, 5.74) is 0. The highest BCUT2D eigenvalue weighted by molar-refractivity contribution is 5.84. The van der Waals surface area contributed by atoms with Crippen LogP contribution >= 0.6 is 0 Å². The zero-order valence-electron chi connectivity index (χ0n) is 30.6. The molecule has 0 fully saturated rings. The standard InChI is InChI=1S/C31H57N7O15/c1-3-17-50-18-9-31(45)36(47)13-8-28(42)34-12-21-53-24-16-38(49)30(44)7-5-27(41)33-11-20-52-23-15-37(48)29(43)6-4-26(40)32-10-19-51-22-14-35(46)25(2)39/h46-49H,3-24H2,1-2H3,(H,32,40)(H,33,41)(H,34,42). The van der Waals surface area contributed by atoms with E-state index in [1.807, 2.05) is 6.92 Å². The minimum atomic E-state index is -0.704. The molecule has 0 aromatic carbocycles. The third kappa shape index (κ3) is 28.2. The summed E-state index contributed by atoms with van der Waals surface area (Å²) in [4.78, 5) is 82.3. The molecule has 0 aromatic heterocycles. The van der Waals surface area contributed by atoms with E-state index < -0.39 is 41.4 Å². The van der Waals surface area contributed by atoms with Crippen molar-refractivity contribution in [3.8, 4) is 0 Å². The minimum absolute atomic E-state index is 0.00588. The number of nitrogens with zero attached hydrogens (tertiary/aromatic N) is 4. The average Bonchev–Trinajstić information content (AvgIpc) is 3.13. The number of rotatable bonds is 32. The van der Waals surface area contributed by atoms with Gasteiger partial charge in [-0.15, -0.1) is 0 Å². The second-order valence-electron chi connectivity index (χ2n) is 11.2. The molecule has 0 aliphatic heterocycles. The molecule has 0 radical (unpaired) electrons. The Bertz CT molecular complexity index is 1100. The van der Waals surface area contributed by atoms with Crippen molar-refractivity contribution in [3.63, 3.8) is 0 Å². The Kier molecular flexibility index (Phi) is 29.1. The fourth-order valence-electron chi connectivity index (χ4n) is 3.79. The maximum Gasteiger partial charge on any atom is 0.248 e. The number of hydrogen-bond donors (Lipinski definition) is 7. The summed E-state index contributed by atoms with van der Waals surface area (Å²) in [6.45, 7) is 3.91. The molecule has 22 nitrogen and oxygen atoms in total. The maximum atomic E-state index is 12.1. The predicted octanol–water partition coefficient (Wildman–Crippen LogP) is -1.96. The van der Waals surface area contributed by atoms with Crippen LogP contribution in [0.4, 0.5) is 0 Å². The van der Waals surface area contributed by atoms with Gasteiger partial charge in [-0.2, -0.15) is 0 Å². The number of hydroxylamine groups is 8. The van der Waals surface area contributed by atoms with Gasteiger partial charge >= 0.3 is 0 Å². The van der Waals surface area contributed by atoms with Gasteiger partial charge in [0.25, 0.3) is 0 Å². The smallest absolute Gasteiger partial charge is 0.248 e. The molecular weight excluding hydrogens is 710 g/mol. The second-order valence-corrected chi connectivity index (χ2v) is 11.2. The van der Waals surface area contributed by atoms with E-state index in [4.69, 9.17) is 18.9 Å². The third-order valence-corrected chi connectivity index (χ3v) is 6.77. The fourth-order valence-corrected chi connectivity index (χ4v) is 3.79. The van der Waals surface area contributed by atoms with Crippen molar-refractivity contribution < 1.29 is 73.3 Å². The molecule has 0 aliphatic rings. The molecule has 0 atom stereocenters. The highest BCUT2D eigenvalue weighted by atomic mass is 16.5. The Hall–Kier alpha value is -4.03. The molecule has 0 aromatic rings. The molecule has 0 rings (SSSR count). The number of ether oxygens (including phenoxy) is 4. The largest absolute Gasteiger partial charge is 0.381 e. The van der Waals surface area contributed by atoms with Crippen LogP contribution in [0.1, 0.15) is 58.8 Å². The van der Waals surface area contributed by atoms with Gasteiger partial charge in [-0.25, -0.2) is 20.3 Å². The summed E-state index contributed by atoms with van der Waals surface area (Å²) < 4.78 is 20.9. The molecule has 306 valence electrons. The van der Waals surface area contributed by atoms with E-state index in [2.05, 4.69) is 16.0 Å². The zero-order chi connectivity index (χ0) is 39.9.